The molecule has 1 amide bonds. The first kappa shape index (κ1) is 15.4. The van der Waals surface area contributed by atoms with Crippen LogP contribution in [0.25, 0.3) is 5.69 Å². The SMILES string of the molecule is Cc1csc(CNC(=O)c2ccc(-n3nc(C)cc3C)cc2)n1. The Kier molecular flexibility index (Phi) is 4.25. The normalized spacial score (nSPS) is 10.7. The number of carbonyl (C=O) groups excluding carboxylic acids is 1. The molecular weight excluding hydrogens is 308 g/mol. The maximum absolute atomic E-state index is 12.2. The first-order valence-corrected chi connectivity index (χ1v) is 8.24. The number of carbonyl (C=O) groups is 1. The van der Waals surface area contributed by atoms with Gasteiger partial charge in [-0.25, -0.2) is 9.67 Å². The number of benzene rings is 1. The standard InChI is InChI=1S/C17H18N4OS/c1-11-8-13(3)21(20-11)15-6-4-14(5-7-15)17(22)18-9-16-19-12(2)10-23-16/h4-8,10H,9H2,1-3H3,(H,18,22). The summed E-state index contributed by atoms with van der Waals surface area (Å²) in [5.41, 5.74) is 4.60. The lowest BCUT2D eigenvalue weighted by atomic mass is 10.2. The smallest absolute Gasteiger partial charge is 0.251 e. The number of thiazole rings is 1. The average molecular weight is 326 g/mol. The molecule has 6 heteroatoms. The zero-order valence-electron chi connectivity index (χ0n) is 13.3. The molecule has 0 aliphatic heterocycles. The molecule has 23 heavy (non-hydrogen) atoms. The molecule has 0 bridgehead atoms. The molecule has 5 nitrogen and oxygen atoms in total. The highest BCUT2D eigenvalue weighted by atomic mass is 32.1. The molecule has 0 unspecified atom stereocenters. The summed E-state index contributed by atoms with van der Waals surface area (Å²) in [7, 11) is 0. The van der Waals surface area contributed by atoms with Gasteiger partial charge < -0.3 is 5.32 Å². The van der Waals surface area contributed by atoms with Crippen molar-refractivity contribution in [1.82, 2.24) is 20.1 Å². The Morgan fingerprint density at radius 3 is 2.48 bits per heavy atom. The van der Waals surface area contributed by atoms with Gasteiger partial charge in [-0.05, 0) is 51.1 Å². The number of amides is 1. The number of hydrogen-bond donors (Lipinski definition) is 1. The molecule has 0 aliphatic carbocycles. The van der Waals surface area contributed by atoms with Gasteiger partial charge in [0.25, 0.3) is 5.91 Å². The minimum atomic E-state index is -0.0993. The Bertz CT molecular complexity index is 833. The summed E-state index contributed by atoms with van der Waals surface area (Å²) in [4.78, 5) is 16.5. The molecule has 118 valence electrons. The fraction of sp³-hybridized carbons (Fsp3) is 0.235. The van der Waals surface area contributed by atoms with Gasteiger partial charge >= 0.3 is 0 Å². The van der Waals surface area contributed by atoms with Crippen LogP contribution in [0.15, 0.2) is 35.7 Å². The number of aromatic nitrogens is 3. The lowest BCUT2D eigenvalue weighted by molar-refractivity contribution is 0.0951. The van der Waals surface area contributed by atoms with Crippen molar-refractivity contribution in [2.45, 2.75) is 27.3 Å². The van der Waals surface area contributed by atoms with Crippen molar-refractivity contribution in [2.24, 2.45) is 0 Å². The third kappa shape index (κ3) is 3.48. The molecule has 3 aromatic rings. The van der Waals surface area contributed by atoms with Crippen LogP contribution in [0.4, 0.5) is 0 Å². The largest absolute Gasteiger partial charge is 0.346 e. The summed E-state index contributed by atoms with van der Waals surface area (Å²) in [6.07, 6.45) is 0. The number of rotatable bonds is 4. The molecule has 1 aromatic carbocycles. The zero-order valence-corrected chi connectivity index (χ0v) is 14.1. The molecule has 0 spiro atoms. The Balaban J connectivity index is 1.69. The molecule has 0 radical (unpaired) electrons. The number of nitrogens with one attached hydrogen (secondary N) is 1. The summed E-state index contributed by atoms with van der Waals surface area (Å²) in [5.74, 6) is -0.0993. The molecule has 0 aliphatic rings. The van der Waals surface area contributed by atoms with Crippen LogP contribution in [0.3, 0.4) is 0 Å². The van der Waals surface area contributed by atoms with E-state index in [4.69, 9.17) is 0 Å². The van der Waals surface area contributed by atoms with Crippen molar-refractivity contribution < 1.29 is 4.79 Å². The lowest BCUT2D eigenvalue weighted by Gasteiger charge is -2.07. The van der Waals surface area contributed by atoms with E-state index < -0.39 is 0 Å². The second kappa shape index (κ2) is 6.34. The lowest BCUT2D eigenvalue weighted by Crippen LogP contribution is -2.22. The van der Waals surface area contributed by atoms with Gasteiger partial charge in [-0.15, -0.1) is 11.3 Å². The van der Waals surface area contributed by atoms with E-state index in [0.717, 1.165) is 27.8 Å². The summed E-state index contributed by atoms with van der Waals surface area (Å²) in [5, 5.41) is 10.2. The Morgan fingerprint density at radius 2 is 1.91 bits per heavy atom. The fourth-order valence-corrected chi connectivity index (χ4v) is 3.10. The third-order valence-electron chi connectivity index (χ3n) is 3.45. The van der Waals surface area contributed by atoms with Crippen molar-refractivity contribution in [2.75, 3.05) is 0 Å². The monoisotopic (exact) mass is 326 g/mol. The van der Waals surface area contributed by atoms with E-state index in [9.17, 15) is 4.79 Å². The highest BCUT2D eigenvalue weighted by Crippen LogP contribution is 2.13. The molecule has 2 heterocycles. The number of aryl methyl sites for hydroxylation is 3. The zero-order chi connectivity index (χ0) is 16.4. The first-order valence-electron chi connectivity index (χ1n) is 7.36. The average Bonchev–Trinajstić information content (AvgIpc) is 3.10. The maximum atomic E-state index is 12.2. The van der Waals surface area contributed by atoms with Gasteiger partial charge in [0.05, 0.1) is 17.9 Å². The van der Waals surface area contributed by atoms with Gasteiger partial charge in [-0.2, -0.15) is 5.10 Å². The van der Waals surface area contributed by atoms with Gasteiger partial charge in [-0.1, -0.05) is 0 Å². The van der Waals surface area contributed by atoms with Crippen molar-refractivity contribution in [3.8, 4) is 5.69 Å². The van der Waals surface area contributed by atoms with Crippen molar-refractivity contribution in [3.63, 3.8) is 0 Å². The van der Waals surface area contributed by atoms with Gasteiger partial charge in [0, 0.05) is 22.3 Å². The predicted octanol–water partition coefficient (Wildman–Crippen LogP) is 3.18. The van der Waals surface area contributed by atoms with Crippen molar-refractivity contribution in [3.05, 3.63) is 63.4 Å². The highest BCUT2D eigenvalue weighted by molar-refractivity contribution is 7.09. The van der Waals surface area contributed by atoms with E-state index in [1.165, 1.54) is 0 Å². The summed E-state index contributed by atoms with van der Waals surface area (Å²) < 4.78 is 1.87. The fourth-order valence-electron chi connectivity index (χ4n) is 2.39. The Morgan fingerprint density at radius 1 is 1.17 bits per heavy atom. The van der Waals surface area contributed by atoms with Gasteiger partial charge in [0.2, 0.25) is 0 Å². The van der Waals surface area contributed by atoms with Gasteiger partial charge in [-0.3, -0.25) is 4.79 Å². The van der Waals surface area contributed by atoms with Crippen LogP contribution in [0.2, 0.25) is 0 Å². The minimum Gasteiger partial charge on any atom is -0.346 e. The van der Waals surface area contributed by atoms with Crippen LogP contribution < -0.4 is 5.32 Å². The van der Waals surface area contributed by atoms with Crippen LogP contribution in [-0.2, 0) is 6.54 Å². The van der Waals surface area contributed by atoms with Gasteiger partial charge in [0.15, 0.2) is 0 Å². The third-order valence-corrected chi connectivity index (χ3v) is 4.42. The quantitative estimate of drug-likeness (QED) is 0.801. The molecule has 3 rings (SSSR count). The summed E-state index contributed by atoms with van der Waals surface area (Å²) >= 11 is 1.55. The molecule has 0 saturated carbocycles. The Hall–Kier alpha value is -2.47. The molecule has 0 fully saturated rings. The topological polar surface area (TPSA) is 59.8 Å². The summed E-state index contributed by atoms with van der Waals surface area (Å²) in [6, 6.07) is 9.46. The van der Waals surface area contributed by atoms with E-state index in [-0.39, 0.29) is 5.91 Å². The number of hydrogen-bond acceptors (Lipinski definition) is 4. The van der Waals surface area contributed by atoms with Crippen LogP contribution in [0.1, 0.15) is 32.4 Å². The number of nitrogens with zero attached hydrogens (tertiary/aromatic N) is 3. The van der Waals surface area contributed by atoms with Crippen LogP contribution in [0, 0.1) is 20.8 Å². The summed E-state index contributed by atoms with van der Waals surface area (Å²) in [6.45, 7) is 6.37. The van der Waals surface area contributed by atoms with Crippen molar-refractivity contribution in [1.29, 1.82) is 0 Å². The maximum Gasteiger partial charge on any atom is 0.251 e. The van der Waals surface area contributed by atoms with Crippen LogP contribution in [0.5, 0.6) is 0 Å². The molecular formula is C17H18N4OS. The van der Waals surface area contributed by atoms with Crippen molar-refractivity contribution >= 4 is 17.2 Å². The molecule has 1 N–H and O–H groups in total. The second-order valence-electron chi connectivity index (χ2n) is 5.45. The van der Waals surface area contributed by atoms with E-state index >= 15 is 0 Å². The minimum absolute atomic E-state index is 0.0993. The van der Waals surface area contributed by atoms with E-state index in [1.54, 1.807) is 11.3 Å². The first-order chi connectivity index (χ1) is 11.0. The molecule has 0 saturated heterocycles. The van der Waals surface area contributed by atoms with Crippen LogP contribution in [-0.4, -0.2) is 20.7 Å². The molecule has 0 atom stereocenters. The van der Waals surface area contributed by atoms with E-state index in [1.807, 2.05) is 61.2 Å². The van der Waals surface area contributed by atoms with E-state index in [0.29, 0.717) is 12.1 Å². The second-order valence-corrected chi connectivity index (χ2v) is 6.39. The molecule has 2 aromatic heterocycles. The van der Waals surface area contributed by atoms with Crippen LogP contribution >= 0.6 is 11.3 Å². The Labute approximate surface area is 139 Å². The van der Waals surface area contributed by atoms with E-state index in [2.05, 4.69) is 15.4 Å². The van der Waals surface area contributed by atoms with Gasteiger partial charge in [0.1, 0.15) is 5.01 Å². The highest BCUT2D eigenvalue weighted by Gasteiger charge is 2.08. The predicted molar refractivity (Wildman–Crippen MR) is 91.1 cm³/mol.